The molecule has 0 aliphatic heterocycles. The van der Waals surface area contributed by atoms with E-state index in [9.17, 15) is 4.79 Å². The van der Waals surface area contributed by atoms with Gasteiger partial charge in [0.15, 0.2) is 0 Å². The van der Waals surface area contributed by atoms with Crippen molar-refractivity contribution in [3.05, 3.63) is 23.3 Å². The van der Waals surface area contributed by atoms with Crippen molar-refractivity contribution in [2.45, 2.75) is 106 Å². The van der Waals surface area contributed by atoms with E-state index in [-0.39, 0.29) is 12.1 Å². The smallest absolute Gasteiger partial charge is 0.302 e. The molecule has 1 saturated carbocycles. The van der Waals surface area contributed by atoms with E-state index in [0.717, 1.165) is 24.7 Å². The van der Waals surface area contributed by atoms with E-state index in [1.807, 2.05) is 6.92 Å². The summed E-state index contributed by atoms with van der Waals surface area (Å²) in [5.41, 5.74) is 4.05. The minimum absolute atomic E-state index is 0.0132. The quantitative estimate of drug-likeness (QED) is 0.346. The SMILES string of the molecule is CC(=O)O[C@H](C)CC/C=C(\C)CC[C@@H]1C(C)=CC[C@@H]2C(C)(C)CCC[C@@]12C. The van der Waals surface area contributed by atoms with Crippen molar-refractivity contribution in [3.8, 4) is 0 Å². The lowest BCUT2D eigenvalue weighted by molar-refractivity contribution is -0.145. The normalized spacial score (nSPS) is 31.7. The molecule has 154 valence electrons. The molecule has 0 radical (unpaired) electrons. The summed E-state index contributed by atoms with van der Waals surface area (Å²) in [6.45, 7) is 15.7. The molecule has 2 nitrogen and oxygen atoms in total. The van der Waals surface area contributed by atoms with Gasteiger partial charge in [0.1, 0.15) is 0 Å². The number of hydrogen-bond acceptors (Lipinski definition) is 2. The molecule has 2 aliphatic carbocycles. The van der Waals surface area contributed by atoms with Crippen LogP contribution in [0.2, 0.25) is 0 Å². The van der Waals surface area contributed by atoms with Crippen LogP contribution in [0.25, 0.3) is 0 Å². The van der Waals surface area contributed by atoms with E-state index < -0.39 is 0 Å². The highest BCUT2D eigenvalue weighted by molar-refractivity contribution is 5.66. The summed E-state index contributed by atoms with van der Waals surface area (Å²) in [5.74, 6) is 1.36. The standard InChI is InChI=1S/C25H42O2/c1-18(10-8-11-20(3)27-21(4)26)12-14-22-19(2)13-15-23-24(5,6)16-9-17-25(22,23)7/h10,13,20,22-23H,8-9,11-12,14-17H2,1-7H3/b18-10+/t20-,22-,23-,25+/m1/s1. The van der Waals surface area contributed by atoms with Gasteiger partial charge in [-0.2, -0.15) is 0 Å². The second kappa shape index (κ2) is 8.97. The molecule has 27 heavy (non-hydrogen) atoms. The molecule has 0 heterocycles. The average molecular weight is 375 g/mol. The largest absolute Gasteiger partial charge is 0.463 e. The number of ether oxygens (including phenoxy) is 1. The van der Waals surface area contributed by atoms with Gasteiger partial charge in [-0.3, -0.25) is 4.79 Å². The molecule has 0 saturated heterocycles. The third-order valence-electron chi connectivity index (χ3n) is 7.56. The van der Waals surface area contributed by atoms with Crippen LogP contribution in [-0.2, 0) is 9.53 Å². The van der Waals surface area contributed by atoms with Gasteiger partial charge >= 0.3 is 5.97 Å². The molecule has 0 N–H and O–H groups in total. The minimum Gasteiger partial charge on any atom is -0.463 e. The van der Waals surface area contributed by atoms with Crippen LogP contribution in [-0.4, -0.2) is 12.1 Å². The van der Waals surface area contributed by atoms with Crippen molar-refractivity contribution in [1.82, 2.24) is 0 Å². The fraction of sp³-hybridized carbons (Fsp3) is 0.800. The first-order chi connectivity index (χ1) is 12.6. The Labute approximate surface area is 167 Å². The van der Waals surface area contributed by atoms with Gasteiger partial charge in [-0.05, 0) is 88.4 Å². The summed E-state index contributed by atoms with van der Waals surface area (Å²) < 4.78 is 5.22. The van der Waals surface area contributed by atoms with Crippen LogP contribution < -0.4 is 0 Å². The maximum Gasteiger partial charge on any atom is 0.302 e. The highest BCUT2D eigenvalue weighted by atomic mass is 16.5. The van der Waals surface area contributed by atoms with Gasteiger partial charge in [-0.1, -0.05) is 50.5 Å². The number of esters is 1. The molecule has 2 rings (SSSR count). The fourth-order valence-corrected chi connectivity index (χ4v) is 6.08. The van der Waals surface area contributed by atoms with Crippen LogP contribution in [0.1, 0.15) is 99.8 Å². The zero-order valence-electron chi connectivity index (χ0n) is 18.9. The highest BCUT2D eigenvalue weighted by Gasteiger charge is 2.51. The van der Waals surface area contributed by atoms with Crippen LogP contribution in [0.15, 0.2) is 23.3 Å². The Morgan fingerprint density at radius 2 is 2.00 bits per heavy atom. The maximum absolute atomic E-state index is 11.0. The van der Waals surface area contributed by atoms with Gasteiger partial charge < -0.3 is 4.74 Å². The minimum atomic E-state index is -0.180. The first kappa shape index (κ1) is 22.2. The van der Waals surface area contributed by atoms with Crippen molar-refractivity contribution in [2.24, 2.45) is 22.7 Å². The average Bonchev–Trinajstić information content (AvgIpc) is 2.52. The highest BCUT2D eigenvalue weighted by Crippen LogP contribution is 2.60. The van der Waals surface area contributed by atoms with Gasteiger partial charge in [-0.25, -0.2) is 0 Å². The lowest BCUT2D eigenvalue weighted by Gasteiger charge is -2.57. The Bertz CT molecular complexity index is 583. The Kier molecular flexibility index (Phi) is 7.39. The number of rotatable bonds is 7. The number of carbonyl (C=O) groups excluding carboxylic acids is 1. The van der Waals surface area contributed by atoms with Crippen LogP contribution >= 0.6 is 0 Å². The summed E-state index contributed by atoms with van der Waals surface area (Å²) in [6, 6.07) is 0. The fourth-order valence-electron chi connectivity index (χ4n) is 6.08. The number of allylic oxidation sites excluding steroid dienone is 4. The molecular weight excluding hydrogens is 332 g/mol. The molecule has 4 atom stereocenters. The molecular formula is C25H42O2. The molecule has 2 heteroatoms. The second-order valence-electron chi connectivity index (χ2n) is 10.2. The predicted octanol–water partition coefficient (Wildman–Crippen LogP) is 7.24. The number of carbonyl (C=O) groups is 1. The topological polar surface area (TPSA) is 26.3 Å². The van der Waals surface area contributed by atoms with Crippen LogP contribution in [0.5, 0.6) is 0 Å². The third-order valence-corrected chi connectivity index (χ3v) is 7.56. The van der Waals surface area contributed by atoms with E-state index in [0.29, 0.717) is 10.8 Å². The zero-order valence-corrected chi connectivity index (χ0v) is 18.9. The van der Waals surface area contributed by atoms with Crippen molar-refractivity contribution in [2.75, 3.05) is 0 Å². The van der Waals surface area contributed by atoms with E-state index >= 15 is 0 Å². The molecule has 0 aromatic rings. The second-order valence-corrected chi connectivity index (χ2v) is 10.2. The first-order valence-electron chi connectivity index (χ1n) is 11.1. The molecule has 0 amide bonds. The van der Waals surface area contributed by atoms with Crippen LogP contribution in [0.3, 0.4) is 0 Å². The van der Waals surface area contributed by atoms with E-state index in [4.69, 9.17) is 4.74 Å². The monoisotopic (exact) mass is 374 g/mol. The molecule has 0 aromatic carbocycles. The van der Waals surface area contributed by atoms with Gasteiger partial charge in [0.05, 0.1) is 6.10 Å². The van der Waals surface area contributed by atoms with Crippen molar-refractivity contribution >= 4 is 5.97 Å². The van der Waals surface area contributed by atoms with Gasteiger partial charge in [0.25, 0.3) is 0 Å². The van der Waals surface area contributed by atoms with Gasteiger partial charge in [0.2, 0.25) is 0 Å². The van der Waals surface area contributed by atoms with Gasteiger partial charge in [-0.15, -0.1) is 0 Å². The molecule has 0 bridgehead atoms. The summed E-state index contributed by atoms with van der Waals surface area (Å²) in [4.78, 5) is 11.0. The molecule has 0 unspecified atom stereocenters. The predicted molar refractivity (Wildman–Crippen MR) is 115 cm³/mol. The summed E-state index contributed by atoms with van der Waals surface area (Å²) in [5, 5.41) is 0. The van der Waals surface area contributed by atoms with Crippen LogP contribution in [0.4, 0.5) is 0 Å². The van der Waals surface area contributed by atoms with E-state index in [1.54, 1.807) is 5.57 Å². The molecule has 0 aromatic heterocycles. The number of fused-ring (bicyclic) bond motifs is 1. The summed E-state index contributed by atoms with van der Waals surface area (Å²) in [6.07, 6.45) is 14.7. The van der Waals surface area contributed by atoms with Crippen molar-refractivity contribution in [1.29, 1.82) is 0 Å². The Morgan fingerprint density at radius 1 is 1.30 bits per heavy atom. The van der Waals surface area contributed by atoms with Crippen LogP contribution in [0, 0.1) is 22.7 Å². The molecule has 2 aliphatic rings. The van der Waals surface area contributed by atoms with Gasteiger partial charge in [0, 0.05) is 6.92 Å². The van der Waals surface area contributed by atoms with Crippen molar-refractivity contribution < 1.29 is 9.53 Å². The van der Waals surface area contributed by atoms with E-state index in [1.165, 1.54) is 51.0 Å². The maximum atomic E-state index is 11.0. The number of hydrogen-bond donors (Lipinski definition) is 0. The summed E-state index contributed by atoms with van der Waals surface area (Å²) >= 11 is 0. The zero-order chi connectivity index (χ0) is 20.2. The lowest BCUT2D eigenvalue weighted by atomic mass is 9.48. The van der Waals surface area contributed by atoms with Crippen molar-refractivity contribution in [3.63, 3.8) is 0 Å². The Balaban J connectivity index is 1.95. The molecule has 1 fully saturated rings. The Morgan fingerprint density at radius 3 is 2.67 bits per heavy atom. The molecule has 0 spiro atoms. The third kappa shape index (κ3) is 5.48. The van der Waals surface area contributed by atoms with E-state index in [2.05, 4.69) is 46.8 Å². The Hall–Kier alpha value is -1.05. The lowest BCUT2D eigenvalue weighted by Crippen LogP contribution is -2.48. The first-order valence-corrected chi connectivity index (χ1v) is 11.1. The summed E-state index contributed by atoms with van der Waals surface area (Å²) in [7, 11) is 0.